The smallest absolute Gasteiger partial charge is 0.254 e. The SMILES string of the molecule is Cc1noc(C)c1COc1cccc(C(=O)NCc2ccc(C(=O)N3CCOCC3)cc2)c1. The molecule has 1 aromatic heterocycles. The molecule has 172 valence electrons. The maximum Gasteiger partial charge on any atom is 0.254 e. The zero-order valence-corrected chi connectivity index (χ0v) is 18.8. The predicted octanol–water partition coefficient (Wildman–Crippen LogP) is 3.27. The summed E-state index contributed by atoms with van der Waals surface area (Å²) in [6.07, 6.45) is 0. The molecule has 8 nitrogen and oxygen atoms in total. The molecule has 0 bridgehead atoms. The highest BCUT2D eigenvalue weighted by Gasteiger charge is 2.18. The van der Waals surface area contributed by atoms with Gasteiger partial charge in [0.2, 0.25) is 0 Å². The first-order valence-corrected chi connectivity index (χ1v) is 10.9. The molecule has 1 saturated heterocycles. The highest BCUT2D eigenvalue weighted by atomic mass is 16.5. The van der Waals surface area contributed by atoms with Crippen LogP contribution in [0, 0.1) is 13.8 Å². The number of aromatic nitrogens is 1. The summed E-state index contributed by atoms with van der Waals surface area (Å²) in [6, 6.07) is 14.3. The number of rotatable bonds is 7. The van der Waals surface area contributed by atoms with Gasteiger partial charge in [0.1, 0.15) is 18.1 Å². The predicted molar refractivity (Wildman–Crippen MR) is 121 cm³/mol. The van der Waals surface area contributed by atoms with Crippen molar-refractivity contribution in [3.05, 3.63) is 82.2 Å². The molecule has 0 saturated carbocycles. The van der Waals surface area contributed by atoms with Gasteiger partial charge in [-0.2, -0.15) is 0 Å². The second-order valence-electron chi connectivity index (χ2n) is 7.90. The Bertz CT molecular complexity index is 1100. The van der Waals surface area contributed by atoms with Crippen LogP contribution in [0.3, 0.4) is 0 Å². The average molecular weight is 450 g/mol. The molecular weight excluding hydrogens is 422 g/mol. The van der Waals surface area contributed by atoms with Crippen molar-refractivity contribution in [1.82, 2.24) is 15.4 Å². The zero-order chi connectivity index (χ0) is 23.2. The average Bonchev–Trinajstić information content (AvgIpc) is 3.18. The first-order valence-electron chi connectivity index (χ1n) is 10.9. The van der Waals surface area contributed by atoms with Crippen molar-refractivity contribution >= 4 is 11.8 Å². The summed E-state index contributed by atoms with van der Waals surface area (Å²) in [5.41, 5.74) is 3.74. The van der Waals surface area contributed by atoms with Crippen LogP contribution in [0.5, 0.6) is 5.75 Å². The van der Waals surface area contributed by atoms with Crippen LogP contribution >= 0.6 is 0 Å². The molecule has 1 fully saturated rings. The van der Waals surface area contributed by atoms with Crippen molar-refractivity contribution in [3.8, 4) is 5.75 Å². The molecule has 0 spiro atoms. The summed E-state index contributed by atoms with van der Waals surface area (Å²) in [6.45, 7) is 6.74. The summed E-state index contributed by atoms with van der Waals surface area (Å²) >= 11 is 0. The summed E-state index contributed by atoms with van der Waals surface area (Å²) in [7, 11) is 0. The molecule has 2 amide bonds. The van der Waals surface area contributed by atoms with E-state index in [0.29, 0.717) is 56.3 Å². The van der Waals surface area contributed by atoms with Gasteiger partial charge in [0.05, 0.1) is 24.5 Å². The second kappa shape index (κ2) is 10.3. The molecular formula is C25H27N3O5. The van der Waals surface area contributed by atoms with E-state index in [-0.39, 0.29) is 11.8 Å². The van der Waals surface area contributed by atoms with Crippen molar-refractivity contribution in [1.29, 1.82) is 0 Å². The van der Waals surface area contributed by atoms with E-state index in [1.165, 1.54) is 0 Å². The summed E-state index contributed by atoms with van der Waals surface area (Å²) in [4.78, 5) is 27.0. The van der Waals surface area contributed by atoms with Gasteiger partial charge in [-0.1, -0.05) is 23.4 Å². The quantitative estimate of drug-likeness (QED) is 0.595. The molecule has 0 radical (unpaired) electrons. The minimum atomic E-state index is -0.203. The van der Waals surface area contributed by atoms with Gasteiger partial charge in [-0.05, 0) is 49.7 Å². The maximum absolute atomic E-state index is 12.6. The molecule has 2 heterocycles. The van der Waals surface area contributed by atoms with Crippen LogP contribution in [0.15, 0.2) is 53.1 Å². The molecule has 8 heteroatoms. The number of amides is 2. The molecule has 0 unspecified atom stereocenters. The summed E-state index contributed by atoms with van der Waals surface area (Å²) < 4.78 is 16.3. The first-order chi connectivity index (χ1) is 16.0. The minimum Gasteiger partial charge on any atom is -0.489 e. The fourth-order valence-corrected chi connectivity index (χ4v) is 3.59. The summed E-state index contributed by atoms with van der Waals surface area (Å²) in [5.74, 6) is 1.11. The Labute approximate surface area is 192 Å². The molecule has 4 rings (SSSR count). The van der Waals surface area contributed by atoms with E-state index >= 15 is 0 Å². The number of hydrogen-bond donors (Lipinski definition) is 1. The summed E-state index contributed by atoms with van der Waals surface area (Å²) in [5, 5.41) is 6.83. The van der Waals surface area contributed by atoms with Crippen LogP contribution in [0.25, 0.3) is 0 Å². The Hall–Kier alpha value is -3.65. The van der Waals surface area contributed by atoms with Gasteiger partial charge in [-0.15, -0.1) is 0 Å². The van der Waals surface area contributed by atoms with Crippen LogP contribution in [0.2, 0.25) is 0 Å². The van der Waals surface area contributed by atoms with Crippen molar-refractivity contribution < 1.29 is 23.6 Å². The van der Waals surface area contributed by atoms with E-state index in [9.17, 15) is 9.59 Å². The van der Waals surface area contributed by atoms with Crippen LogP contribution in [0.1, 0.15) is 43.3 Å². The number of nitrogens with zero attached hydrogens (tertiary/aromatic N) is 2. The fourth-order valence-electron chi connectivity index (χ4n) is 3.59. The minimum absolute atomic E-state index is 0.00212. The number of carbonyl (C=O) groups is 2. The number of hydrogen-bond acceptors (Lipinski definition) is 6. The highest BCUT2D eigenvalue weighted by molar-refractivity contribution is 5.95. The number of morpholine rings is 1. The van der Waals surface area contributed by atoms with Gasteiger partial charge in [0.25, 0.3) is 11.8 Å². The third-order valence-corrected chi connectivity index (χ3v) is 5.61. The normalized spacial score (nSPS) is 13.6. The van der Waals surface area contributed by atoms with Gasteiger partial charge in [-0.3, -0.25) is 9.59 Å². The Morgan fingerprint density at radius 2 is 1.82 bits per heavy atom. The monoisotopic (exact) mass is 449 g/mol. The molecule has 2 aromatic carbocycles. The van der Waals surface area contributed by atoms with Crippen LogP contribution in [-0.4, -0.2) is 48.2 Å². The van der Waals surface area contributed by atoms with Crippen molar-refractivity contribution in [2.45, 2.75) is 27.0 Å². The number of ether oxygens (including phenoxy) is 2. The Balaban J connectivity index is 1.31. The lowest BCUT2D eigenvalue weighted by Gasteiger charge is -2.26. The molecule has 0 aliphatic carbocycles. The van der Waals surface area contributed by atoms with Crippen molar-refractivity contribution in [2.75, 3.05) is 26.3 Å². The van der Waals surface area contributed by atoms with E-state index in [1.807, 2.05) is 26.0 Å². The van der Waals surface area contributed by atoms with Gasteiger partial charge in [0.15, 0.2) is 0 Å². The van der Waals surface area contributed by atoms with Crippen LogP contribution in [-0.2, 0) is 17.9 Å². The van der Waals surface area contributed by atoms with E-state index in [1.54, 1.807) is 41.3 Å². The Morgan fingerprint density at radius 1 is 1.06 bits per heavy atom. The zero-order valence-electron chi connectivity index (χ0n) is 18.8. The van der Waals surface area contributed by atoms with Crippen molar-refractivity contribution in [3.63, 3.8) is 0 Å². The molecule has 1 aliphatic heterocycles. The lowest BCUT2D eigenvalue weighted by molar-refractivity contribution is 0.0303. The van der Waals surface area contributed by atoms with E-state index in [2.05, 4.69) is 10.5 Å². The second-order valence-corrected chi connectivity index (χ2v) is 7.90. The van der Waals surface area contributed by atoms with Crippen molar-refractivity contribution in [2.24, 2.45) is 0 Å². The van der Waals surface area contributed by atoms with Crippen LogP contribution in [0.4, 0.5) is 0 Å². The van der Waals surface area contributed by atoms with E-state index in [4.69, 9.17) is 14.0 Å². The number of nitrogens with one attached hydrogen (secondary N) is 1. The highest BCUT2D eigenvalue weighted by Crippen LogP contribution is 2.19. The number of carbonyl (C=O) groups excluding carboxylic acids is 2. The molecule has 0 atom stereocenters. The molecule has 1 aliphatic rings. The van der Waals surface area contributed by atoms with E-state index in [0.717, 1.165) is 22.6 Å². The van der Waals surface area contributed by atoms with Crippen LogP contribution < -0.4 is 10.1 Å². The molecule has 3 aromatic rings. The molecule has 1 N–H and O–H groups in total. The topological polar surface area (TPSA) is 93.9 Å². The number of aryl methyl sites for hydroxylation is 2. The Kier molecular flexibility index (Phi) is 7.04. The third-order valence-electron chi connectivity index (χ3n) is 5.61. The maximum atomic E-state index is 12.6. The first kappa shape index (κ1) is 22.5. The van der Waals surface area contributed by atoms with Gasteiger partial charge in [0, 0.05) is 30.8 Å². The van der Waals surface area contributed by atoms with Gasteiger partial charge < -0.3 is 24.2 Å². The Morgan fingerprint density at radius 3 is 2.52 bits per heavy atom. The lowest BCUT2D eigenvalue weighted by Crippen LogP contribution is -2.40. The lowest BCUT2D eigenvalue weighted by atomic mass is 10.1. The fraction of sp³-hybridized carbons (Fsp3) is 0.320. The largest absolute Gasteiger partial charge is 0.489 e. The van der Waals surface area contributed by atoms with Gasteiger partial charge >= 0.3 is 0 Å². The standard InChI is InChI=1S/C25H27N3O5/c1-17-23(18(2)33-27-17)16-32-22-5-3-4-21(14-22)24(29)26-15-19-6-8-20(9-7-19)25(30)28-10-12-31-13-11-28/h3-9,14H,10-13,15-16H2,1-2H3,(H,26,29). The van der Waals surface area contributed by atoms with E-state index < -0.39 is 0 Å². The number of benzene rings is 2. The third kappa shape index (κ3) is 5.59. The van der Waals surface area contributed by atoms with Gasteiger partial charge in [-0.25, -0.2) is 0 Å². The molecule has 33 heavy (non-hydrogen) atoms.